The Bertz CT molecular complexity index is 534. The van der Waals surface area contributed by atoms with Gasteiger partial charge in [0.2, 0.25) is 5.91 Å². The summed E-state index contributed by atoms with van der Waals surface area (Å²) in [7, 11) is 0. The molecule has 2 aromatic heterocycles. The Morgan fingerprint density at radius 2 is 2.44 bits per heavy atom. The van der Waals surface area contributed by atoms with E-state index in [1.807, 2.05) is 13.1 Å². The number of carbonyl (C=O) groups is 1. The second-order valence-corrected chi connectivity index (χ2v) is 5.05. The lowest BCUT2D eigenvalue weighted by molar-refractivity contribution is -0.119. The molecule has 1 amide bonds. The van der Waals surface area contributed by atoms with E-state index >= 15 is 0 Å². The van der Waals surface area contributed by atoms with Gasteiger partial charge < -0.3 is 11.1 Å². The lowest BCUT2D eigenvalue weighted by Crippen LogP contribution is -2.29. The average Bonchev–Trinajstić information content (AvgIpc) is 2.96. The zero-order valence-electron chi connectivity index (χ0n) is 9.96. The quantitative estimate of drug-likeness (QED) is 0.772. The number of hydrogen-bond donors (Lipinski definition) is 2. The van der Waals surface area contributed by atoms with Gasteiger partial charge >= 0.3 is 0 Å². The van der Waals surface area contributed by atoms with E-state index in [0.717, 1.165) is 9.88 Å². The molecule has 0 spiro atoms. The number of nitrogens with one attached hydrogen (secondary N) is 1. The van der Waals surface area contributed by atoms with Gasteiger partial charge in [0, 0.05) is 11.1 Å². The third-order valence-corrected chi connectivity index (χ3v) is 3.12. The predicted molar refractivity (Wildman–Crippen MR) is 66.9 cm³/mol. The number of aryl methyl sites for hydroxylation is 1. The molecule has 2 aromatic rings. The minimum absolute atomic E-state index is 0.0196. The molecule has 0 saturated carbocycles. The number of hydrogen-bond acceptors (Lipinski definition) is 6. The summed E-state index contributed by atoms with van der Waals surface area (Å²) in [6.07, 6.45) is 3.63. The van der Waals surface area contributed by atoms with Crippen LogP contribution in [0.2, 0.25) is 0 Å². The van der Waals surface area contributed by atoms with E-state index in [9.17, 15) is 4.79 Å². The van der Waals surface area contributed by atoms with Gasteiger partial charge in [-0.05, 0) is 6.92 Å². The molecular weight excluding hydrogens is 252 g/mol. The van der Waals surface area contributed by atoms with Crippen LogP contribution < -0.4 is 11.1 Å². The molecule has 18 heavy (non-hydrogen) atoms. The molecule has 3 N–H and O–H groups in total. The molecule has 0 aromatic carbocycles. The monoisotopic (exact) mass is 266 g/mol. The van der Waals surface area contributed by atoms with Crippen molar-refractivity contribution in [3.63, 3.8) is 0 Å². The van der Waals surface area contributed by atoms with E-state index in [1.54, 1.807) is 22.2 Å². The van der Waals surface area contributed by atoms with Gasteiger partial charge in [0.25, 0.3) is 0 Å². The summed E-state index contributed by atoms with van der Waals surface area (Å²) < 4.78 is 1.72. The Hall–Kier alpha value is -1.80. The Labute approximate surface area is 108 Å². The summed E-state index contributed by atoms with van der Waals surface area (Å²) in [5, 5.41) is 11.6. The second kappa shape index (κ2) is 5.69. The van der Waals surface area contributed by atoms with Gasteiger partial charge in [-0.2, -0.15) is 0 Å². The maximum atomic E-state index is 11.0. The van der Waals surface area contributed by atoms with E-state index in [2.05, 4.69) is 20.6 Å². The normalized spacial score (nSPS) is 10.6. The zero-order chi connectivity index (χ0) is 13.0. The summed E-state index contributed by atoms with van der Waals surface area (Å²) in [6.45, 7) is 2.93. The van der Waals surface area contributed by atoms with Gasteiger partial charge in [-0.25, -0.2) is 9.67 Å². The van der Waals surface area contributed by atoms with Crippen molar-refractivity contribution in [3.8, 4) is 0 Å². The van der Waals surface area contributed by atoms with Crippen molar-refractivity contribution in [2.24, 2.45) is 5.73 Å². The first kappa shape index (κ1) is 12.7. The topological polar surface area (TPSA) is 98.7 Å². The SMILES string of the molecule is Cc1ncc(Cn2cc(CNC(=O)CN)nn2)s1. The summed E-state index contributed by atoms with van der Waals surface area (Å²) in [6, 6.07) is 0. The van der Waals surface area contributed by atoms with E-state index in [0.29, 0.717) is 18.8 Å². The van der Waals surface area contributed by atoms with Crippen LogP contribution >= 0.6 is 11.3 Å². The van der Waals surface area contributed by atoms with Crippen LogP contribution in [0.5, 0.6) is 0 Å². The third kappa shape index (κ3) is 3.34. The van der Waals surface area contributed by atoms with Gasteiger partial charge in [0.1, 0.15) is 5.69 Å². The number of nitrogens with zero attached hydrogens (tertiary/aromatic N) is 4. The lowest BCUT2D eigenvalue weighted by atomic mass is 10.4. The van der Waals surface area contributed by atoms with Gasteiger partial charge in [0.05, 0.1) is 30.8 Å². The molecule has 0 radical (unpaired) electrons. The Kier molecular flexibility index (Phi) is 4.00. The van der Waals surface area contributed by atoms with Crippen molar-refractivity contribution in [1.82, 2.24) is 25.3 Å². The Morgan fingerprint density at radius 1 is 1.61 bits per heavy atom. The average molecular weight is 266 g/mol. The maximum absolute atomic E-state index is 11.0. The van der Waals surface area contributed by atoms with Gasteiger partial charge in [-0.15, -0.1) is 16.4 Å². The number of amides is 1. The van der Waals surface area contributed by atoms with E-state index < -0.39 is 0 Å². The third-order valence-electron chi connectivity index (χ3n) is 2.23. The summed E-state index contributed by atoms with van der Waals surface area (Å²) >= 11 is 1.63. The molecule has 2 heterocycles. The minimum Gasteiger partial charge on any atom is -0.349 e. The lowest BCUT2D eigenvalue weighted by Gasteiger charge is -1.98. The maximum Gasteiger partial charge on any atom is 0.234 e. The molecule has 0 atom stereocenters. The Balaban J connectivity index is 1.91. The molecule has 2 rings (SSSR count). The predicted octanol–water partition coefficient (Wildman–Crippen LogP) is -0.334. The molecule has 0 aliphatic rings. The fraction of sp³-hybridized carbons (Fsp3) is 0.400. The van der Waals surface area contributed by atoms with E-state index in [4.69, 9.17) is 5.73 Å². The fourth-order valence-corrected chi connectivity index (χ4v) is 2.18. The van der Waals surface area contributed by atoms with Crippen molar-refractivity contribution < 1.29 is 4.79 Å². The van der Waals surface area contributed by atoms with Gasteiger partial charge in [0.15, 0.2) is 0 Å². The van der Waals surface area contributed by atoms with Crippen molar-refractivity contribution in [1.29, 1.82) is 0 Å². The van der Waals surface area contributed by atoms with Crippen molar-refractivity contribution in [2.75, 3.05) is 6.54 Å². The smallest absolute Gasteiger partial charge is 0.234 e. The number of thiazole rings is 1. The van der Waals surface area contributed by atoms with Gasteiger partial charge in [-0.3, -0.25) is 4.79 Å². The fourth-order valence-electron chi connectivity index (χ4n) is 1.40. The van der Waals surface area contributed by atoms with Crippen molar-refractivity contribution in [3.05, 3.63) is 28.0 Å². The molecule has 0 unspecified atom stereocenters. The highest BCUT2D eigenvalue weighted by Gasteiger charge is 2.05. The number of aromatic nitrogens is 4. The first-order valence-electron chi connectivity index (χ1n) is 5.44. The summed E-state index contributed by atoms with van der Waals surface area (Å²) in [5.41, 5.74) is 5.89. The van der Waals surface area contributed by atoms with Gasteiger partial charge in [-0.1, -0.05) is 5.21 Å². The van der Waals surface area contributed by atoms with Crippen LogP contribution in [0, 0.1) is 6.92 Å². The molecule has 0 saturated heterocycles. The van der Waals surface area contributed by atoms with Crippen molar-refractivity contribution in [2.45, 2.75) is 20.0 Å². The first-order valence-corrected chi connectivity index (χ1v) is 6.26. The number of rotatable bonds is 5. The molecule has 0 aliphatic carbocycles. The largest absolute Gasteiger partial charge is 0.349 e. The van der Waals surface area contributed by atoms with E-state index in [-0.39, 0.29) is 12.5 Å². The second-order valence-electron chi connectivity index (χ2n) is 3.73. The standard InChI is InChI=1S/C10H14N6OS/c1-7-12-4-9(18-7)6-16-5-8(14-15-16)3-13-10(17)2-11/h4-5H,2-3,6,11H2,1H3,(H,13,17). The van der Waals surface area contributed by atoms with E-state index in [1.165, 1.54) is 0 Å². The molecule has 0 fully saturated rings. The van der Waals surface area contributed by atoms with Crippen LogP contribution in [0.25, 0.3) is 0 Å². The molecule has 96 valence electrons. The number of nitrogens with two attached hydrogens (primary N) is 1. The molecular formula is C10H14N6OS. The first-order chi connectivity index (χ1) is 8.67. The van der Waals surface area contributed by atoms with Crippen LogP contribution in [0.3, 0.4) is 0 Å². The Morgan fingerprint density at radius 3 is 3.11 bits per heavy atom. The molecule has 0 bridgehead atoms. The van der Waals surface area contributed by atoms with Crippen LogP contribution in [0.4, 0.5) is 0 Å². The minimum atomic E-state index is -0.206. The van der Waals surface area contributed by atoms with Crippen LogP contribution in [-0.2, 0) is 17.9 Å². The summed E-state index contributed by atoms with van der Waals surface area (Å²) in [4.78, 5) is 16.3. The molecule has 0 aliphatic heterocycles. The molecule has 7 nitrogen and oxygen atoms in total. The zero-order valence-corrected chi connectivity index (χ0v) is 10.8. The molecule has 8 heteroatoms. The highest BCUT2D eigenvalue weighted by atomic mass is 32.1. The highest BCUT2D eigenvalue weighted by molar-refractivity contribution is 7.11. The van der Waals surface area contributed by atoms with Crippen molar-refractivity contribution >= 4 is 17.2 Å². The highest BCUT2D eigenvalue weighted by Crippen LogP contribution is 2.12. The van der Waals surface area contributed by atoms with Crippen LogP contribution in [0.15, 0.2) is 12.4 Å². The van der Waals surface area contributed by atoms with Crippen LogP contribution in [0.1, 0.15) is 15.6 Å². The number of carbonyl (C=O) groups excluding carboxylic acids is 1. The summed E-state index contributed by atoms with van der Waals surface area (Å²) in [5.74, 6) is -0.206. The van der Waals surface area contributed by atoms with Crippen LogP contribution in [-0.4, -0.2) is 32.4 Å².